The van der Waals surface area contributed by atoms with E-state index >= 15 is 0 Å². The smallest absolute Gasteiger partial charge is 1.00 e. The van der Waals surface area contributed by atoms with Crippen LogP contribution in [-0.2, 0) is 32.1 Å². The predicted molar refractivity (Wildman–Crippen MR) is 266 cm³/mol. The maximum Gasteiger partial charge on any atom is -1.00 e. The molecular weight excluding hydrogens is 895 g/mol. The van der Waals surface area contributed by atoms with Gasteiger partial charge in [-0.15, -0.1) is 0 Å². The van der Waals surface area contributed by atoms with E-state index < -0.39 is 21.3 Å². The molecule has 0 heterocycles. The van der Waals surface area contributed by atoms with Crippen molar-refractivity contribution in [3.63, 3.8) is 0 Å². The molecule has 0 radical (unpaired) electrons. The van der Waals surface area contributed by atoms with E-state index in [1.54, 1.807) is 8.78 Å². The summed E-state index contributed by atoms with van der Waals surface area (Å²) in [5.41, 5.74) is 8.02. The fourth-order valence-corrected chi connectivity index (χ4v) is 27.2. The van der Waals surface area contributed by atoms with E-state index in [1.165, 1.54) is 27.8 Å². The van der Waals surface area contributed by atoms with Gasteiger partial charge in [0.15, 0.2) is 0 Å². The molecule has 0 bridgehead atoms. The van der Waals surface area contributed by atoms with Crippen LogP contribution in [-0.4, -0.2) is 3.21 Å². The fraction of sp³-hybridized carbons (Fsp3) is 0.525. The van der Waals surface area contributed by atoms with E-state index in [2.05, 4.69) is 252 Å². The summed E-state index contributed by atoms with van der Waals surface area (Å²) >= 11 is -3.27. The summed E-state index contributed by atoms with van der Waals surface area (Å²) < 4.78 is 3.94. The Labute approximate surface area is 411 Å². The van der Waals surface area contributed by atoms with E-state index in [9.17, 15) is 0 Å². The average Bonchev–Trinajstić information content (AvgIpc) is 3.71. The third-order valence-electron chi connectivity index (χ3n) is 19.9. The van der Waals surface area contributed by atoms with E-state index in [0.717, 1.165) is 6.42 Å². The molecule has 0 amide bonds. The second kappa shape index (κ2) is 16.2. The van der Waals surface area contributed by atoms with E-state index in [0.29, 0.717) is 15.5 Å². The summed E-state index contributed by atoms with van der Waals surface area (Å²) in [7, 11) is 0. The van der Waals surface area contributed by atoms with Crippen LogP contribution in [0.25, 0.3) is 0 Å². The Morgan fingerprint density at radius 3 is 1.45 bits per heavy atom. The molecule has 342 valence electrons. The first-order valence-corrected chi connectivity index (χ1v) is 28.0. The van der Waals surface area contributed by atoms with Crippen molar-refractivity contribution >= 4 is 3.21 Å². The number of hydrogen-bond donors (Lipinski definition) is 0. The minimum Gasteiger partial charge on any atom is -1.00 e. The Morgan fingerprint density at radius 2 is 1.02 bits per heavy atom. The molecule has 3 heteroatoms. The van der Waals surface area contributed by atoms with Crippen molar-refractivity contribution in [2.75, 3.05) is 0 Å². The van der Waals surface area contributed by atoms with Gasteiger partial charge in [0.05, 0.1) is 0 Å². The van der Waals surface area contributed by atoms with Crippen molar-refractivity contribution in [1.29, 1.82) is 0 Å². The summed E-state index contributed by atoms with van der Waals surface area (Å²) in [6.45, 7) is 45.6. The van der Waals surface area contributed by atoms with Gasteiger partial charge >= 0.3 is 389 Å². The number of halogens is 2. The molecule has 0 spiro atoms. The average molecular weight is 975 g/mol. The Bertz CT molecular complexity index is 2400. The molecule has 0 nitrogen and oxygen atoms in total. The summed E-state index contributed by atoms with van der Waals surface area (Å²) in [5, 5.41) is 0. The van der Waals surface area contributed by atoms with Gasteiger partial charge in [-0.1, -0.05) is 0 Å². The zero-order valence-corrected chi connectivity index (χ0v) is 46.8. The van der Waals surface area contributed by atoms with Crippen LogP contribution in [0.15, 0.2) is 142 Å². The second-order valence-corrected chi connectivity index (χ2v) is 31.2. The number of fused-ring (bicyclic) bond motifs is 8. The predicted octanol–water partition coefficient (Wildman–Crippen LogP) is 10.6. The van der Waals surface area contributed by atoms with Gasteiger partial charge in [-0.25, -0.2) is 0 Å². The molecule has 2 aromatic rings. The van der Waals surface area contributed by atoms with Gasteiger partial charge in [-0.3, -0.25) is 0 Å². The van der Waals surface area contributed by atoms with Crippen molar-refractivity contribution in [2.24, 2.45) is 55.2 Å². The van der Waals surface area contributed by atoms with Crippen LogP contribution in [0.1, 0.15) is 153 Å². The van der Waals surface area contributed by atoms with Crippen LogP contribution < -0.4 is 24.8 Å². The van der Waals surface area contributed by atoms with Gasteiger partial charge in [0.2, 0.25) is 0 Å². The summed E-state index contributed by atoms with van der Waals surface area (Å²) in [6, 6.07) is 20.1. The molecule has 2 saturated carbocycles. The van der Waals surface area contributed by atoms with Gasteiger partial charge in [0, 0.05) is 0 Å². The number of benzene rings is 2. The molecule has 0 saturated heterocycles. The molecule has 64 heavy (non-hydrogen) atoms. The van der Waals surface area contributed by atoms with Crippen molar-refractivity contribution in [2.45, 2.75) is 146 Å². The van der Waals surface area contributed by atoms with Crippen molar-refractivity contribution in [1.82, 2.24) is 0 Å². The zero-order chi connectivity index (χ0) is 45.5. The molecule has 6 aliphatic carbocycles. The molecule has 2 fully saturated rings. The molecule has 0 aliphatic heterocycles. The van der Waals surface area contributed by atoms with Gasteiger partial charge in [-0.2, -0.15) is 0 Å². The summed E-state index contributed by atoms with van der Waals surface area (Å²) in [4.78, 5) is 0. The van der Waals surface area contributed by atoms with Crippen LogP contribution in [0.3, 0.4) is 0 Å². The molecular formula is C61H80Cl2Zr. The molecule has 0 aromatic heterocycles. The largest absolute Gasteiger partial charge is 1.00 e. The molecule has 10 unspecified atom stereocenters. The maximum absolute atomic E-state index is 3.27. The SMILES string of the molecule is CCC1C=C(C(C)(C)C)C=[C]1[Zr+2](=[C](c1ccc(C(C)(C)C)cc1)c1ccc(C(C)(C)C)cc1)[CH]1C2C=CC=C(C)C2(C)C2(C)C3(C)C=CC=CC3(C)C3(C)C=CC=CC3(C)C12C.[Cl-].[Cl-]. The number of rotatable bonds is 5. The summed E-state index contributed by atoms with van der Waals surface area (Å²) in [5.74, 6) is 0.802. The maximum atomic E-state index is 2.86. The van der Waals surface area contributed by atoms with Gasteiger partial charge in [0.25, 0.3) is 0 Å². The second-order valence-electron chi connectivity index (χ2n) is 24.9. The van der Waals surface area contributed by atoms with Crippen molar-refractivity contribution in [3.8, 4) is 0 Å². The fourth-order valence-electron chi connectivity index (χ4n) is 15.2. The molecule has 8 rings (SSSR count). The quantitative estimate of drug-likeness (QED) is 0.280. The minimum atomic E-state index is -3.27. The van der Waals surface area contributed by atoms with E-state index in [4.69, 9.17) is 0 Å². The summed E-state index contributed by atoms with van der Waals surface area (Å²) in [6.07, 6.45) is 34.8. The first kappa shape index (κ1) is 51.1. The number of allylic oxidation sites excluding steroid dienone is 16. The van der Waals surface area contributed by atoms with Gasteiger partial charge in [0.1, 0.15) is 0 Å². The van der Waals surface area contributed by atoms with Crippen molar-refractivity contribution < 1.29 is 46.1 Å². The number of hydrogen-bond acceptors (Lipinski definition) is 0. The van der Waals surface area contributed by atoms with Gasteiger partial charge in [-0.05, 0) is 0 Å². The molecule has 0 N–H and O–H groups in total. The Balaban J connectivity index is 0.00000340. The Hall–Kier alpha value is -2.31. The van der Waals surface area contributed by atoms with Crippen LogP contribution in [0, 0.1) is 55.2 Å². The van der Waals surface area contributed by atoms with Gasteiger partial charge < -0.3 is 24.8 Å². The third kappa shape index (κ3) is 6.44. The Morgan fingerprint density at radius 1 is 0.578 bits per heavy atom. The monoisotopic (exact) mass is 972 g/mol. The van der Waals surface area contributed by atoms with E-state index in [-0.39, 0.29) is 79.0 Å². The van der Waals surface area contributed by atoms with Crippen LogP contribution in [0.5, 0.6) is 0 Å². The molecule has 2 aromatic carbocycles. The zero-order valence-electron chi connectivity index (χ0n) is 42.8. The normalized spacial score (nSPS) is 36.8. The third-order valence-corrected chi connectivity index (χ3v) is 29.2. The van der Waals surface area contributed by atoms with Crippen LogP contribution in [0.4, 0.5) is 0 Å². The first-order valence-electron chi connectivity index (χ1n) is 24.1. The van der Waals surface area contributed by atoms with Crippen LogP contribution in [0.2, 0.25) is 3.63 Å². The van der Waals surface area contributed by atoms with Crippen molar-refractivity contribution in [3.05, 3.63) is 164 Å². The first-order chi connectivity index (χ1) is 28.6. The molecule has 10 atom stereocenters. The standard InChI is InChI=1S/C29H37.C21H26.C11H17.2ClH.Zr/c1-21-14-13-15-22-20-27(6)25(4)18-10-9-16-23(25,2)24(3)17-11-12-19-26(24,5)29(27,8)28(21,22)7;1-20(2,3)18-11-7-16(8-12-18)15-17-9-13-19(14-10-17)21(4,5)6;1-5-9-6-7-10(8-9)11(2,3)4;;;/h9-20,22H,1-8H3;7-14H,1-6H3;7-9H,5H2,1-4H3;2*1H;/q;;;;;+2/p-2. The minimum absolute atomic E-state index is 0. The van der Waals surface area contributed by atoms with E-state index in [1.807, 2.05) is 3.28 Å². The Kier molecular flexibility index (Phi) is 12.9. The molecule has 6 aliphatic rings. The van der Waals surface area contributed by atoms with Crippen LogP contribution >= 0.6 is 0 Å². The topological polar surface area (TPSA) is 0 Å².